The van der Waals surface area contributed by atoms with Gasteiger partial charge in [-0.1, -0.05) is 30.0 Å². The quantitative estimate of drug-likeness (QED) is 0.189. The number of phosphoric ester groups is 1. The van der Waals surface area contributed by atoms with Gasteiger partial charge in [-0.2, -0.15) is 0 Å². The fourth-order valence-electron chi connectivity index (χ4n) is 3.88. The van der Waals surface area contributed by atoms with Gasteiger partial charge in [-0.25, -0.2) is 9.55 Å². The maximum absolute atomic E-state index is 11.2. The van der Waals surface area contributed by atoms with Crippen LogP contribution in [0, 0.1) is 18.8 Å². The minimum absolute atomic E-state index is 0.278. The minimum Gasteiger partial charge on any atom is -0.485 e. The molecule has 12 heteroatoms. The average Bonchev–Trinajstić information content (AvgIpc) is 3.49. The van der Waals surface area contributed by atoms with Gasteiger partial charge in [0, 0.05) is 18.0 Å². The van der Waals surface area contributed by atoms with E-state index in [1.54, 1.807) is 17.3 Å². The highest BCUT2D eigenvalue weighted by atomic mass is 31.2. The summed E-state index contributed by atoms with van der Waals surface area (Å²) in [5.41, 5.74) is 4.01. The van der Waals surface area contributed by atoms with Crippen LogP contribution >= 0.6 is 7.82 Å². The van der Waals surface area contributed by atoms with Gasteiger partial charge in [0.05, 0.1) is 19.8 Å². The summed E-state index contributed by atoms with van der Waals surface area (Å²) in [6.45, 7) is 3.86. The molecule has 3 atom stereocenters. The van der Waals surface area contributed by atoms with Crippen molar-refractivity contribution >= 4 is 22.3 Å². The summed E-state index contributed by atoms with van der Waals surface area (Å²) in [4.78, 5) is 32.5. The van der Waals surface area contributed by atoms with Gasteiger partial charge in [-0.3, -0.25) is 4.52 Å². The Hall–Kier alpha value is -2.78. The van der Waals surface area contributed by atoms with Crippen molar-refractivity contribution < 1.29 is 38.3 Å². The number of aliphatic hydroxyl groups is 1. The number of hydrogen-bond donors (Lipinski definition) is 4. The van der Waals surface area contributed by atoms with Crippen LogP contribution in [0.2, 0.25) is 6.55 Å². The van der Waals surface area contributed by atoms with Crippen molar-refractivity contribution in [2.45, 2.75) is 31.7 Å². The molecule has 0 unspecified atom stereocenters. The van der Waals surface area contributed by atoms with E-state index < -0.39 is 29.0 Å². The van der Waals surface area contributed by atoms with E-state index in [0.717, 1.165) is 16.7 Å². The first-order valence-corrected chi connectivity index (χ1v) is 15.0. The zero-order chi connectivity index (χ0) is 26.6. The van der Waals surface area contributed by atoms with Crippen LogP contribution < -0.4 is 10.2 Å². The van der Waals surface area contributed by atoms with E-state index in [0.29, 0.717) is 23.4 Å². The van der Waals surface area contributed by atoms with Crippen LogP contribution in [0.5, 0.6) is 5.75 Å². The predicted molar refractivity (Wildman–Crippen MR) is 137 cm³/mol. The van der Waals surface area contributed by atoms with E-state index in [4.69, 9.17) is 23.8 Å². The lowest BCUT2D eigenvalue weighted by atomic mass is 10.0. The second-order valence-corrected chi connectivity index (χ2v) is 11.5. The van der Waals surface area contributed by atoms with E-state index >= 15 is 0 Å². The molecule has 0 saturated carbocycles. The van der Waals surface area contributed by atoms with Crippen LogP contribution in [0.15, 0.2) is 54.9 Å². The van der Waals surface area contributed by atoms with Gasteiger partial charge in [-0.15, -0.1) is 0 Å². The Morgan fingerprint density at radius 1 is 1.22 bits per heavy atom. The van der Waals surface area contributed by atoms with Gasteiger partial charge in [0.1, 0.15) is 29.4 Å². The third-order valence-corrected chi connectivity index (χ3v) is 7.30. The van der Waals surface area contributed by atoms with Crippen LogP contribution in [-0.2, 0) is 13.8 Å². The molecule has 1 fully saturated rings. The first kappa shape index (κ1) is 27.3. The second kappa shape index (κ2) is 11.7. The summed E-state index contributed by atoms with van der Waals surface area (Å²) in [6, 6.07) is 12.6. The normalized spacial score (nSPS) is 18.5. The zero-order valence-electron chi connectivity index (χ0n) is 20.3. The van der Waals surface area contributed by atoms with Crippen molar-refractivity contribution in [3.8, 4) is 28.7 Å². The van der Waals surface area contributed by atoms with Gasteiger partial charge in [0.25, 0.3) is 9.04 Å². The molecule has 1 radical (unpaired) electrons. The van der Waals surface area contributed by atoms with Gasteiger partial charge >= 0.3 is 7.82 Å². The predicted octanol–water partition coefficient (Wildman–Crippen LogP) is 1.52. The molecule has 1 aliphatic rings. The van der Waals surface area contributed by atoms with Crippen LogP contribution in [0.4, 0.5) is 0 Å². The zero-order valence-corrected chi connectivity index (χ0v) is 22.2. The van der Waals surface area contributed by atoms with Crippen molar-refractivity contribution in [1.82, 2.24) is 9.55 Å². The summed E-state index contributed by atoms with van der Waals surface area (Å²) < 4.78 is 28.7. The van der Waals surface area contributed by atoms with E-state index in [2.05, 4.69) is 16.8 Å². The molecule has 0 amide bonds. The summed E-state index contributed by atoms with van der Waals surface area (Å²) in [6.07, 6.45) is 2.09. The maximum atomic E-state index is 11.2. The number of aromatic nitrogens is 2. The fourth-order valence-corrected chi connectivity index (χ4v) is 5.08. The number of nitrogens with zero attached hydrogens (tertiary/aromatic N) is 2. The molecule has 37 heavy (non-hydrogen) atoms. The first-order valence-electron chi connectivity index (χ1n) is 11.5. The Morgan fingerprint density at radius 2 is 1.95 bits per heavy atom. The average molecular weight is 544 g/mol. The maximum Gasteiger partial charge on any atom is 0.469 e. The molecule has 3 aromatic rings. The SMILES string of the molecule is Cc1cc(-c2ccc(C#C[C@@H](COP(=O)(O)O)n3ccnc3[Si](C)O)cc2)ccc1O[C@@H]1COC[C@H]1O. The van der Waals surface area contributed by atoms with Gasteiger partial charge < -0.3 is 33.7 Å². The van der Waals surface area contributed by atoms with Gasteiger partial charge in [0.15, 0.2) is 0 Å². The Balaban J connectivity index is 1.51. The molecule has 0 bridgehead atoms. The molecule has 1 aromatic heterocycles. The van der Waals surface area contributed by atoms with Gasteiger partial charge in [0.2, 0.25) is 0 Å². The Morgan fingerprint density at radius 3 is 2.57 bits per heavy atom. The fraction of sp³-hybridized carbons (Fsp3) is 0.320. The van der Waals surface area contributed by atoms with E-state index in [-0.39, 0.29) is 19.3 Å². The third kappa shape index (κ3) is 7.16. The number of aliphatic hydroxyl groups excluding tert-OH is 1. The molecule has 195 valence electrons. The van der Waals surface area contributed by atoms with Crippen molar-refractivity contribution in [3.05, 3.63) is 66.0 Å². The number of rotatable bonds is 8. The van der Waals surface area contributed by atoms with Gasteiger partial charge in [-0.05, 0) is 54.4 Å². The summed E-state index contributed by atoms with van der Waals surface area (Å²) in [5, 5.41) is 9.92. The monoisotopic (exact) mass is 543 g/mol. The molecule has 10 nitrogen and oxygen atoms in total. The molecule has 2 heterocycles. The van der Waals surface area contributed by atoms with Crippen LogP contribution in [0.25, 0.3) is 11.1 Å². The Labute approximate surface area is 216 Å². The number of phosphoric acid groups is 1. The van der Waals surface area contributed by atoms with E-state index in [9.17, 15) is 14.5 Å². The smallest absolute Gasteiger partial charge is 0.469 e. The molecule has 4 rings (SSSR count). The Bertz CT molecular complexity index is 1330. The highest BCUT2D eigenvalue weighted by Gasteiger charge is 2.28. The lowest BCUT2D eigenvalue weighted by Gasteiger charge is -2.17. The van der Waals surface area contributed by atoms with E-state index in [1.165, 1.54) is 6.20 Å². The first-order chi connectivity index (χ1) is 17.6. The number of benzene rings is 2. The van der Waals surface area contributed by atoms with E-state index in [1.807, 2.05) is 49.4 Å². The van der Waals surface area contributed by atoms with Crippen molar-refractivity contribution in [2.24, 2.45) is 0 Å². The summed E-state index contributed by atoms with van der Waals surface area (Å²) in [5.74, 6) is 6.70. The van der Waals surface area contributed by atoms with Crippen molar-refractivity contribution in [2.75, 3.05) is 19.8 Å². The standard InChI is InChI=1S/C25H28N2O8PSi/c1-17-13-20(8-10-23(17)35-24-16-33-15-22(24)28)19-6-3-18(4-7-19)5-9-21(14-34-36(29,30)31)27-12-11-26-25(27)37(2)32/h3-4,6-8,10-13,21-22,24,28,32H,14-16H2,1-2H3,(H2,29,30,31)/t21-,22+,24+/m0/s1. The summed E-state index contributed by atoms with van der Waals surface area (Å²) in [7, 11) is -6.62. The number of hydrogen-bond acceptors (Lipinski definition) is 7. The van der Waals surface area contributed by atoms with Crippen molar-refractivity contribution in [1.29, 1.82) is 0 Å². The van der Waals surface area contributed by atoms with Crippen molar-refractivity contribution in [3.63, 3.8) is 0 Å². The highest BCUT2D eigenvalue weighted by Crippen LogP contribution is 2.36. The molecular weight excluding hydrogens is 515 g/mol. The lowest BCUT2D eigenvalue weighted by Crippen LogP contribution is -2.37. The third-order valence-electron chi connectivity index (χ3n) is 5.78. The molecule has 1 saturated heterocycles. The second-order valence-electron chi connectivity index (χ2n) is 8.63. The number of aryl methyl sites for hydroxylation is 1. The highest BCUT2D eigenvalue weighted by molar-refractivity contribution is 7.46. The molecule has 1 aliphatic heterocycles. The van der Waals surface area contributed by atoms with Crippen LogP contribution in [0.3, 0.4) is 0 Å². The molecular formula is C25H28N2O8PSi. The minimum atomic E-state index is -4.70. The molecule has 0 spiro atoms. The number of ether oxygens (including phenoxy) is 2. The molecule has 4 N–H and O–H groups in total. The van der Waals surface area contributed by atoms with Crippen LogP contribution in [-0.4, -0.2) is 70.3 Å². The lowest BCUT2D eigenvalue weighted by molar-refractivity contribution is 0.0729. The largest absolute Gasteiger partial charge is 0.485 e. The molecule has 2 aromatic carbocycles. The molecule has 0 aliphatic carbocycles. The Kier molecular flexibility index (Phi) is 8.64. The summed E-state index contributed by atoms with van der Waals surface area (Å²) >= 11 is 0. The van der Waals surface area contributed by atoms with Crippen LogP contribution in [0.1, 0.15) is 17.2 Å². The number of imidazole rings is 1. The topological polar surface area (TPSA) is 144 Å².